The molecule has 0 radical (unpaired) electrons. The van der Waals surface area contributed by atoms with Gasteiger partial charge in [-0.25, -0.2) is 0 Å². The highest BCUT2D eigenvalue weighted by Gasteiger charge is 2.16. The molecule has 0 bridgehead atoms. The lowest BCUT2D eigenvalue weighted by Crippen LogP contribution is -2.43. The van der Waals surface area contributed by atoms with E-state index in [4.69, 9.17) is 4.74 Å². The molecular formula is C15H24N2O. The summed E-state index contributed by atoms with van der Waals surface area (Å²) in [4.78, 5) is 2.41. The van der Waals surface area contributed by atoms with E-state index in [2.05, 4.69) is 54.5 Å². The predicted molar refractivity (Wildman–Crippen MR) is 74.7 cm³/mol. The third-order valence-corrected chi connectivity index (χ3v) is 3.77. The Kier molecular flexibility index (Phi) is 5.17. The molecule has 1 N–H and O–H groups in total. The number of ether oxygens (including phenoxy) is 1. The number of hydrogen-bond acceptors (Lipinski definition) is 3. The zero-order valence-corrected chi connectivity index (χ0v) is 11.4. The van der Waals surface area contributed by atoms with Crippen LogP contribution in [0.4, 0.5) is 0 Å². The Morgan fingerprint density at radius 1 is 1.39 bits per heavy atom. The molecule has 3 heteroatoms. The Hall–Kier alpha value is -0.900. The van der Waals surface area contributed by atoms with Crippen molar-refractivity contribution in [3.05, 3.63) is 35.9 Å². The van der Waals surface area contributed by atoms with E-state index >= 15 is 0 Å². The molecule has 0 aliphatic carbocycles. The lowest BCUT2D eigenvalue weighted by atomic mass is 10.1. The van der Waals surface area contributed by atoms with Crippen molar-refractivity contribution in [3.63, 3.8) is 0 Å². The smallest absolute Gasteiger partial charge is 0.0620 e. The number of rotatable bonds is 5. The minimum Gasteiger partial charge on any atom is -0.379 e. The minimum absolute atomic E-state index is 0.468. The fourth-order valence-corrected chi connectivity index (χ4v) is 2.34. The van der Waals surface area contributed by atoms with E-state index in [0.29, 0.717) is 12.1 Å². The van der Waals surface area contributed by atoms with Crippen LogP contribution in [0.3, 0.4) is 0 Å². The van der Waals surface area contributed by atoms with E-state index in [1.54, 1.807) is 0 Å². The van der Waals surface area contributed by atoms with Crippen LogP contribution in [0.2, 0.25) is 0 Å². The first kappa shape index (κ1) is 13.5. The molecule has 1 aromatic rings. The van der Waals surface area contributed by atoms with Gasteiger partial charge in [0.05, 0.1) is 13.2 Å². The summed E-state index contributed by atoms with van der Waals surface area (Å²) in [6, 6.07) is 11.7. The normalized spacial score (nSPS) is 22.1. The van der Waals surface area contributed by atoms with Crippen LogP contribution in [0.25, 0.3) is 0 Å². The van der Waals surface area contributed by atoms with E-state index in [1.807, 2.05) is 0 Å². The molecule has 1 heterocycles. The molecular weight excluding hydrogens is 224 g/mol. The molecule has 2 rings (SSSR count). The fourth-order valence-electron chi connectivity index (χ4n) is 2.34. The first-order valence-electron chi connectivity index (χ1n) is 6.83. The molecule has 2 atom stereocenters. The van der Waals surface area contributed by atoms with Crippen molar-refractivity contribution >= 4 is 0 Å². The van der Waals surface area contributed by atoms with E-state index in [1.165, 1.54) is 5.56 Å². The van der Waals surface area contributed by atoms with Gasteiger partial charge in [-0.15, -0.1) is 0 Å². The van der Waals surface area contributed by atoms with Gasteiger partial charge in [0, 0.05) is 18.6 Å². The predicted octanol–water partition coefficient (Wildman–Crippen LogP) is 2.06. The quantitative estimate of drug-likeness (QED) is 0.863. The third-order valence-electron chi connectivity index (χ3n) is 3.77. The van der Waals surface area contributed by atoms with E-state index < -0.39 is 0 Å². The van der Waals surface area contributed by atoms with Crippen LogP contribution in [0.1, 0.15) is 24.9 Å². The largest absolute Gasteiger partial charge is 0.379 e. The molecule has 0 saturated carbocycles. The standard InChI is InChI=1S/C15H24N2O/c1-13(14-6-4-3-5-7-14)17(2)10-8-15-12-18-11-9-16-15/h3-7,13,15-16H,8-12H2,1-2H3. The zero-order valence-electron chi connectivity index (χ0n) is 11.4. The van der Waals surface area contributed by atoms with E-state index in [0.717, 1.165) is 32.7 Å². The maximum Gasteiger partial charge on any atom is 0.0620 e. The highest BCUT2D eigenvalue weighted by molar-refractivity contribution is 5.18. The lowest BCUT2D eigenvalue weighted by molar-refractivity contribution is 0.0695. The SMILES string of the molecule is CC(c1ccccc1)N(C)CCC1COCCN1. The van der Waals surface area contributed by atoms with Gasteiger partial charge in [-0.3, -0.25) is 4.90 Å². The molecule has 1 fully saturated rings. The van der Waals surface area contributed by atoms with Gasteiger partial charge in [-0.1, -0.05) is 30.3 Å². The molecule has 3 nitrogen and oxygen atoms in total. The highest BCUT2D eigenvalue weighted by atomic mass is 16.5. The molecule has 1 aliphatic heterocycles. The van der Waals surface area contributed by atoms with Crippen molar-refractivity contribution in [1.29, 1.82) is 0 Å². The molecule has 1 aromatic carbocycles. The summed E-state index contributed by atoms with van der Waals surface area (Å²) in [7, 11) is 2.20. The van der Waals surface area contributed by atoms with Gasteiger partial charge < -0.3 is 10.1 Å². The fraction of sp³-hybridized carbons (Fsp3) is 0.600. The van der Waals surface area contributed by atoms with Gasteiger partial charge in [0.1, 0.15) is 0 Å². The number of hydrogen-bond donors (Lipinski definition) is 1. The molecule has 0 aromatic heterocycles. The average Bonchev–Trinajstić information content (AvgIpc) is 2.46. The van der Waals surface area contributed by atoms with Gasteiger partial charge in [0.15, 0.2) is 0 Å². The van der Waals surface area contributed by atoms with E-state index in [9.17, 15) is 0 Å². The monoisotopic (exact) mass is 248 g/mol. The molecule has 2 unspecified atom stereocenters. The summed E-state index contributed by atoms with van der Waals surface area (Å²) in [5, 5.41) is 3.50. The van der Waals surface area contributed by atoms with Crippen LogP contribution >= 0.6 is 0 Å². The third kappa shape index (κ3) is 3.80. The van der Waals surface area contributed by atoms with Crippen LogP contribution in [-0.4, -0.2) is 44.3 Å². The lowest BCUT2D eigenvalue weighted by Gasteiger charge is -2.29. The van der Waals surface area contributed by atoms with Gasteiger partial charge in [0.2, 0.25) is 0 Å². The number of nitrogens with one attached hydrogen (secondary N) is 1. The molecule has 1 aliphatic rings. The van der Waals surface area contributed by atoms with Crippen molar-refractivity contribution in [1.82, 2.24) is 10.2 Å². The summed E-state index contributed by atoms with van der Waals surface area (Å²) >= 11 is 0. The number of benzene rings is 1. The maximum absolute atomic E-state index is 5.48. The molecule has 1 saturated heterocycles. The summed E-state index contributed by atoms with van der Waals surface area (Å²) in [5.74, 6) is 0. The van der Waals surface area contributed by atoms with Crippen LogP contribution < -0.4 is 5.32 Å². The van der Waals surface area contributed by atoms with Crippen molar-refractivity contribution < 1.29 is 4.74 Å². The Morgan fingerprint density at radius 3 is 2.83 bits per heavy atom. The van der Waals surface area contributed by atoms with Crippen LogP contribution in [0.5, 0.6) is 0 Å². The maximum atomic E-state index is 5.48. The van der Waals surface area contributed by atoms with Crippen LogP contribution in [0.15, 0.2) is 30.3 Å². The molecule has 0 amide bonds. The Morgan fingerprint density at radius 2 is 2.17 bits per heavy atom. The molecule has 100 valence electrons. The van der Waals surface area contributed by atoms with Gasteiger partial charge in [0.25, 0.3) is 0 Å². The van der Waals surface area contributed by atoms with Crippen LogP contribution in [0, 0.1) is 0 Å². The second kappa shape index (κ2) is 6.88. The second-order valence-corrected chi connectivity index (χ2v) is 5.08. The average molecular weight is 248 g/mol. The molecule has 18 heavy (non-hydrogen) atoms. The summed E-state index contributed by atoms with van der Waals surface area (Å²) in [5.41, 5.74) is 1.38. The Balaban J connectivity index is 1.78. The number of nitrogens with zero attached hydrogens (tertiary/aromatic N) is 1. The van der Waals surface area contributed by atoms with E-state index in [-0.39, 0.29) is 0 Å². The van der Waals surface area contributed by atoms with Gasteiger partial charge >= 0.3 is 0 Å². The van der Waals surface area contributed by atoms with Gasteiger partial charge in [-0.05, 0) is 32.5 Å². The van der Waals surface area contributed by atoms with Gasteiger partial charge in [-0.2, -0.15) is 0 Å². The minimum atomic E-state index is 0.468. The second-order valence-electron chi connectivity index (χ2n) is 5.08. The zero-order chi connectivity index (χ0) is 12.8. The summed E-state index contributed by atoms with van der Waals surface area (Å²) in [6.45, 7) is 6.06. The Bertz CT molecular complexity index is 336. The first-order chi connectivity index (χ1) is 8.77. The molecule has 0 spiro atoms. The Labute approximate surface area is 110 Å². The van der Waals surface area contributed by atoms with Crippen molar-refractivity contribution in [2.45, 2.75) is 25.4 Å². The summed E-state index contributed by atoms with van der Waals surface area (Å²) in [6.07, 6.45) is 1.15. The van der Waals surface area contributed by atoms with Crippen LogP contribution in [-0.2, 0) is 4.74 Å². The van der Waals surface area contributed by atoms with Crippen molar-refractivity contribution in [3.8, 4) is 0 Å². The van der Waals surface area contributed by atoms with Crippen molar-refractivity contribution in [2.75, 3.05) is 33.4 Å². The summed E-state index contributed by atoms with van der Waals surface area (Å²) < 4.78 is 5.48. The van der Waals surface area contributed by atoms with Crippen molar-refractivity contribution in [2.24, 2.45) is 0 Å². The highest BCUT2D eigenvalue weighted by Crippen LogP contribution is 2.18. The first-order valence-corrected chi connectivity index (χ1v) is 6.83. The number of morpholine rings is 1. The topological polar surface area (TPSA) is 24.5 Å².